The summed E-state index contributed by atoms with van der Waals surface area (Å²) in [6, 6.07) is 4.16. The number of rotatable bonds is 4. The lowest BCUT2D eigenvalue weighted by atomic mass is 10.1. The number of morpholine rings is 1. The van der Waals surface area contributed by atoms with Gasteiger partial charge in [0.15, 0.2) is 0 Å². The van der Waals surface area contributed by atoms with E-state index >= 15 is 0 Å². The lowest BCUT2D eigenvalue weighted by Crippen LogP contribution is -2.42. The van der Waals surface area contributed by atoms with Gasteiger partial charge in [-0.15, -0.1) is 23.7 Å². The third-order valence-corrected chi connectivity index (χ3v) is 4.06. The minimum atomic E-state index is 0. The van der Waals surface area contributed by atoms with E-state index in [-0.39, 0.29) is 30.5 Å². The fraction of sp³-hybridized carbons (Fsp3) is 0.615. The van der Waals surface area contributed by atoms with Gasteiger partial charge in [0.05, 0.1) is 13.2 Å². The van der Waals surface area contributed by atoms with Crippen molar-refractivity contribution >= 4 is 29.7 Å². The molecule has 0 saturated carbocycles. The number of nitrogens with two attached hydrogens (primary N) is 1. The van der Waals surface area contributed by atoms with Gasteiger partial charge in [-0.05, 0) is 24.8 Å². The van der Waals surface area contributed by atoms with Crippen LogP contribution in [0.15, 0.2) is 17.5 Å². The third-order valence-electron chi connectivity index (χ3n) is 3.09. The Balaban J connectivity index is 0.00000180. The highest BCUT2D eigenvalue weighted by molar-refractivity contribution is 7.10. The molecular formula is C13H21ClN2O2S. The number of carbonyl (C=O) groups excluding carboxylic acids is 1. The van der Waals surface area contributed by atoms with Crippen molar-refractivity contribution in [2.45, 2.75) is 31.9 Å². The van der Waals surface area contributed by atoms with Crippen LogP contribution in [0.25, 0.3) is 0 Å². The van der Waals surface area contributed by atoms with Gasteiger partial charge < -0.3 is 15.4 Å². The molecule has 1 aromatic heterocycles. The molecule has 0 aromatic carbocycles. The molecule has 6 heteroatoms. The highest BCUT2D eigenvalue weighted by Crippen LogP contribution is 2.26. The van der Waals surface area contributed by atoms with E-state index in [0.717, 1.165) is 6.42 Å². The summed E-state index contributed by atoms with van der Waals surface area (Å²) >= 11 is 1.68. The van der Waals surface area contributed by atoms with Gasteiger partial charge >= 0.3 is 0 Å². The number of hydrogen-bond donors (Lipinski definition) is 1. The zero-order chi connectivity index (χ0) is 13.0. The molecule has 1 aliphatic rings. The number of thiophene rings is 1. The predicted octanol–water partition coefficient (Wildman–Crippen LogP) is 2.20. The molecule has 2 unspecified atom stereocenters. The first kappa shape index (κ1) is 16.4. The zero-order valence-corrected chi connectivity index (χ0v) is 12.7. The van der Waals surface area contributed by atoms with Gasteiger partial charge in [-0.1, -0.05) is 6.07 Å². The van der Waals surface area contributed by atoms with Crippen LogP contribution in [0.5, 0.6) is 0 Å². The summed E-state index contributed by atoms with van der Waals surface area (Å²) in [5.41, 5.74) is 5.68. The maximum Gasteiger partial charge on any atom is 0.222 e. The first-order chi connectivity index (χ1) is 8.66. The molecule has 0 spiro atoms. The Morgan fingerprint density at radius 2 is 2.47 bits per heavy atom. The Morgan fingerprint density at radius 1 is 1.68 bits per heavy atom. The molecule has 108 valence electrons. The third kappa shape index (κ3) is 4.76. The molecular weight excluding hydrogens is 284 g/mol. The molecule has 0 bridgehead atoms. The minimum Gasteiger partial charge on any atom is -0.369 e. The summed E-state index contributed by atoms with van der Waals surface area (Å²) in [5.74, 6) is 0.192. The zero-order valence-electron chi connectivity index (χ0n) is 11.1. The first-order valence-corrected chi connectivity index (χ1v) is 7.23. The molecule has 0 radical (unpaired) electrons. The molecule has 2 heterocycles. The second-order valence-electron chi connectivity index (χ2n) is 4.73. The SMILES string of the molecule is CC(N)CCC(=O)N1CCOC(c2cccs2)C1.Cl. The smallest absolute Gasteiger partial charge is 0.222 e. The number of nitrogens with zero attached hydrogens (tertiary/aromatic N) is 1. The van der Waals surface area contributed by atoms with E-state index in [4.69, 9.17) is 10.5 Å². The van der Waals surface area contributed by atoms with Crippen LogP contribution in [0.4, 0.5) is 0 Å². The summed E-state index contributed by atoms with van der Waals surface area (Å²) in [5, 5.41) is 2.04. The highest BCUT2D eigenvalue weighted by atomic mass is 35.5. The van der Waals surface area contributed by atoms with Gasteiger partial charge in [-0.3, -0.25) is 4.79 Å². The molecule has 1 amide bonds. The van der Waals surface area contributed by atoms with Crippen molar-refractivity contribution < 1.29 is 9.53 Å². The van der Waals surface area contributed by atoms with Crippen LogP contribution in [0.2, 0.25) is 0 Å². The minimum absolute atomic E-state index is 0. The lowest BCUT2D eigenvalue weighted by Gasteiger charge is -2.32. The van der Waals surface area contributed by atoms with Crippen molar-refractivity contribution in [2.24, 2.45) is 5.73 Å². The van der Waals surface area contributed by atoms with Crippen LogP contribution >= 0.6 is 23.7 Å². The van der Waals surface area contributed by atoms with E-state index in [2.05, 4.69) is 6.07 Å². The van der Waals surface area contributed by atoms with Crippen molar-refractivity contribution in [3.05, 3.63) is 22.4 Å². The van der Waals surface area contributed by atoms with Gasteiger partial charge in [0.2, 0.25) is 5.91 Å². The van der Waals surface area contributed by atoms with E-state index in [0.29, 0.717) is 26.1 Å². The first-order valence-electron chi connectivity index (χ1n) is 6.35. The molecule has 2 N–H and O–H groups in total. The van der Waals surface area contributed by atoms with Gasteiger partial charge in [-0.25, -0.2) is 0 Å². The number of amides is 1. The van der Waals surface area contributed by atoms with Crippen LogP contribution < -0.4 is 5.73 Å². The topological polar surface area (TPSA) is 55.6 Å². The van der Waals surface area contributed by atoms with Gasteiger partial charge in [0.25, 0.3) is 0 Å². The second kappa shape index (κ2) is 7.85. The number of carbonyl (C=O) groups is 1. The molecule has 0 aliphatic carbocycles. The quantitative estimate of drug-likeness (QED) is 0.928. The molecule has 1 aromatic rings. The van der Waals surface area contributed by atoms with E-state index in [9.17, 15) is 4.79 Å². The fourth-order valence-electron chi connectivity index (χ4n) is 2.03. The highest BCUT2D eigenvalue weighted by Gasteiger charge is 2.25. The van der Waals surface area contributed by atoms with Crippen LogP contribution in [0, 0.1) is 0 Å². The number of ether oxygens (including phenoxy) is 1. The van der Waals surface area contributed by atoms with Gasteiger partial charge in [-0.2, -0.15) is 0 Å². The lowest BCUT2D eigenvalue weighted by molar-refractivity contribution is -0.139. The summed E-state index contributed by atoms with van der Waals surface area (Å²) in [6.07, 6.45) is 1.33. The molecule has 19 heavy (non-hydrogen) atoms. The molecule has 2 rings (SSSR count). The molecule has 1 fully saturated rings. The molecule has 1 aliphatic heterocycles. The summed E-state index contributed by atoms with van der Waals surface area (Å²) in [6.45, 7) is 3.91. The largest absolute Gasteiger partial charge is 0.369 e. The van der Waals surface area contributed by atoms with Crippen molar-refractivity contribution in [3.63, 3.8) is 0 Å². The van der Waals surface area contributed by atoms with E-state index in [1.807, 2.05) is 23.3 Å². The Bertz CT molecular complexity index is 384. The maximum atomic E-state index is 12.0. The Labute approximate surface area is 124 Å². The van der Waals surface area contributed by atoms with E-state index < -0.39 is 0 Å². The Hall–Kier alpha value is -0.620. The number of halogens is 1. The Kier molecular flexibility index (Phi) is 6.79. The second-order valence-corrected chi connectivity index (χ2v) is 5.71. The molecule has 2 atom stereocenters. The Morgan fingerprint density at radius 3 is 3.11 bits per heavy atom. The maximum absolute atomic E-state index is 12.0. The predicted molar refractivity (Wildman–Crippen MR) is 79.7 cm³/mol. The van der Waals surface area contributed by atoms with Crippen LogP contribution in [-0.4, -0.2) is 36.5 Å². The average Bonchev–Trinajstić information content (AvgIpc) is 2.90. The van der Waals surface area contributed by atoms with Gasteiger partial charge in [0.1, 0.15) is 6.10 Å². The van der Waals surface area contributed by atoms with E-state index in [1.54, 1.807) is 11.3 Å². The van der Waals surface area contributed by atoms with Crippen molar-refractivity contribution in [3.8, 4) is 0 Å². The standard InChI is InChI=1S/C13H20N2O2S.ClH/c1-10(14)4-5-13(16)15-6-7-17-11(9-15)12-3-2-8-18-12;/h2-3,8,10-11H,4-7,9,14H2,1H3;1H. The van der Waals surface area contributed by atoms with Crippen molar-refractivity contribution in [2.75, 3.05) is 19.7 Å². The fourth-order valence-corrected chi connectivity index (χ4v) is 2.80. The summed E-state index contributed by atoms with van der Waals surface area (Å²) < 4.78 is 5.72. The summed E-state index contributed by atoms with van der Waals surface area (Å²) in [7, 11) is 0. The monoisotopic (exact) mass is 304 g/mol. The normalized spacial score (nSPS) is 20.7. The summed E-state index contributed by atoms with van der Waals surface area (Å²) in [4.78, 5) is 15.1. The van der Waals surface area contributed by atoms with Gasteiger partial charge in [0, 0.05) is 23.9 Å². The van der Waals surface area contributed by atoms with Crippen molar-refractivity contribution in [1.82, 2.24) is 4.90 Å². The molecule has 4 nitrogen and oxygen atoms in total. The molecule has 1 saturated heterocycles. The van der Waals surface area contributed by atoms with Crippen LogP contribution in [-0.2, 0) is 9.53 Å². The average molecular weight is 305 g/mol. The number of hydrogen-bond acceptors (Lipinski definition) is 4. The van der Waals surface area contributed by atoms with E-state index in [1.165, 1.54) is 4.88 Å². The van der Waals surface area contributed by atoms with Crippen LogP contribution in [0.3, 0.4) is 0 Å². The van der Waals surface area contributed by atoms with Crippen molar-refractivity contribution in [1.29, 1.82) is 0 Å². The van der Waals surface area contributed by atoms with Crippen LogP contribution in [0.1, 0.15) is 30.7 Å².